The Morgan fingerprint density at radius 1 is 1.00 bits per heavy atom. The normalized spacial score (nSPS) is 11.6. The van der Waals surface area contributed by atoms with Gasteiger partial charge in [-0.25, -0.2) is 4.98 Å². The summed E-state index contributed by atoms with van der Waals surface area (Å²) in [5.41, 5.74) is 6.40. The zero-order valence-electron chi connectivity index (χ0n) is 11.4. The molecule has 1 heterocycles. The number of nitrogen functional groups attached to an aromatic ring is 1. The molecule has 0 spiro atoms. The van der Waals surface area contributed by atoms with E-state index >= 15 is 0 Å². The highest BCUT2D eigenvalue weighted by atomic mass is 19.4. The van der Waals surface area contributed by atoms with Crippen molar-refractivity contribution >= 4 is 5.69 Å². The molecule has 22 heavy (non-hydrogen) atoms. The third kappa shape index (κ3) is 2.55. The highest BCUT2D eigenvalue weighted by molar-refractivity contribution is 5.65. The van der Waals surface area contributed by atoms with Gasteiger partial charge in [-0.2, -0.15) is 13.2 Å². The topological polar surface area (TPSA) is 43.8 Å². The zero-order chi connectivity index (χ0) is 15.7. The minimum Gasteiger partial charge on any atom is -0.397 e. The van der Waals surface area contributed by atoms with Gasteiger partial charge in [-0.15, -0.1) is 0 Å². The molecule has 2 aromatic carbocycles. The highest BCUT2D eigenvalue weighted by Gasteiger charge is 2.31. The number of benzene rings is 2. The largest absolute Gasteiger partial charge is 0.416 e. The first-order valence-corrected chi connectivity index (χ1v) is 6.52. The fourth-order valence-corrected chi connectivity index (χ4v) is 2.25. The van der Waals surface area contributed by atoms with Gasteiger partial charge in [0.05, 0.1) is 16.9 Å². The molecule has 1 aromatic heterocycles. The molecule has 0 unspecified atom stereocenters. The molecule has 6 heteroatoms. The molecule has 3 rings (SSSR count). The van der Waals surface area contributed by atoms with Crippen LogP contribution in [0.15, 0.2) is 60.9 Å². The van der Waals surface area contributed by atoms with Gasteiger partial charge < -0.3 is 5.73 Å². The number of alkyl halides is 3. The van der Waals surface area contributed by atoms with Crippen molar-refractivity contribution in [2.45, 2.75) is 6.18 Å². The first-order valence-electron chi connectivity index (χ1n) is 6.52. The lowest BCUT2D eigenvalue weighted by Gasteiger charge is -2.13. The van der Waals surface area contributed by atoms with E-state index in [-0.39, 0.29) is 5.69 Å². The molecule has 0 amide bonds. The van der Waals surface area contributed by atoms with Crippen molar-refractivity contribution in [3.8, 4) is 17.1 Å². The van der Waals surface area contributed by atoms with Crippen molar-refractivity contribution in [1.29, 1.82) is 0 Å². The van der Waals surface area contributed by atoms with Gasteiger partial charge in [-0.1, -0.05) is 30.3 Å². The molecule has 0 aliphatic heterocycles. The lowest BCUT2D eigenvalue weighted by Crippen LogP contribution is -2.08. The molecular weight excluding hydrogens is 291 g/mol. The van der Waals surface area contributed by atoms with E-state index in [1.807, 2.05) is 30.3 Å². The quantitative estimate of drug-likeness (QED) is 0.723. The van der Waals surface area contributed by atoms with E-state index < -0.39 is 11.7 Å². The summed E-state index contributed by atoms with van der Waals surface area (Å²) in [6.45, 7) is 0. The zero-order valence-corrected chi connectivity index (χ0v) is 11.4. The fourth-order valence-electron chi connectivity index (χ4n) is 2.25. The van der Waals surface area contributed by atoms with Gasteiger partial charge in [0.2, 0.25) is 0 Å². The lowest BCUT2D eigenvalue weighted by atomic mass is 10.1. The van der Waals surface area contributed by atoms with Gasteiger partial charge in [-0.05, 0) is 18.2 Å². The number of anilines is 1. The van der Waals surface area contributed by atoms with Crippen LogP contribution in [0.5, 0.6) is 0 Å². The summed E-state index contributed by atoms with van der Waals surface area (Å²) < 4.78 is 39.8. The maximum absolute atomic E-state index is 12.7. The number of nitrogens with two attached hydrogens (primary N) is 1. The van der Waals surface area contributed by atoms with Crippen molar-refractivity contribution in [3.05, 3.63) is 66.5 Å². The third-order valence-electron chi connectivity index (χ3n) is 3.29. The van der Waals surface area contributed by atoms with E-state index in [0.29, 0.717) is 11.5 Å². The highest BCUT2D eigenvalue weighted by Crippen LogP contribution is 2.33. The van der Waals surface area contributed by atoms with Gasteiger partial charge in [0.15, 0.2) is 0 Å². The van der Waals surface area contributed by atoms with Crippen molar-refractivity contribution in [3.63, 3.8) is 0 Å². The van der Waals surface area contributed by atoms with Gasteiger partial charge in [0.25, 0.3) is 0 Å². The van der Waals surface area contributed by atoms with Gasteiger partial charge in [-0.3, -0.25) is 4.57 Å². The van der Waals surface area contributed by atoms with Crippen LogP contribution in [-0.2, 0) is 6.18 Å². The molecule has 3 nitrogen and oxygen atoms in total. The summed E-state index contributed by atoms with van der Waals surface area (Å²) in [6.07, 6.45) is -1.16. The van der Waals surface area contributed by atoms with Crippen LogP contribution in [-0.4, -0.2) is 9.55 Å². The summed E-state index contributed by atoms with van der Waals surface area (Å²) >= 11 is 0. The average molecular weight is 303 g/mol. The predicted molar refractivity (Wildman–Crippen MR) is 78.4 cm³/mol. The maximum atomic E-state index is 12.7. The van der Waals surface area contributed by atoms with Crippen molar-refractivity contribution in [2.24, 2.45) is 0 Å². The number of hydrogen-bond acceptors (Lipinski definition) is 2. The Balaban J connectivity index is 2.09. The summed E-state index contributed by atoms with van der Waals surface area (Å²) in [5.74, 6) is 0.618. The van der Waals surface area contributed by atoms with Crippen LogP contribution >= 0.6 is 0 Å². The molecule has 0 atom stereocenters. The molecular formula is C16H12F3N3. The van der Waals surface area contributed by atoms with E-state index in [4.69, 9.17) is 5.73 Å². The molecule has 0 bridgehead atoms. The van der Waals surface area contributed by atoms with Crippen LogP contribution in [0.25, 0.3) is 17.1 Å². The minimum absolute atomic E-state index is 0.0463. The number of imidazole rings is 1. The number of nitrogens with zero attached hydrogens (tertiary/aromatic N) is 2. The second-order valence-electron chi connectivity index (χ2n) is 4.76. The number of hydrogen-bond donors (Lipinski definition) is 1. The van der Waals surface area contributed by atoms with Crippen molar-refractivity contribution in [2.75, 3.05) is 5.73 Å². The molecule has 0 fully saturated rings. The van der Waals surface area contributed by atoms with E-state index in [1.54, 1.807) is 17.0 Å². The smallest absolute Gasteiger partial charge is 0.397 e. The van der Waals surface area contributed by atoms with E-state index in [1.165, 1.54) is 6.07 Å². The Morgan fingerprint density at radius 3 is 2.36 bits per heavy atom. The number of halogens is 3. The average Bonchev–Trinajstić information content (AvgIpc) is 2.96. The monoisotopic (exact) mass is 303 g/mol. The van der Waals surface area contributed by atoms with Gasteiger partial charge in [0.1, 0.15) is 5.82 Å². The van der Waals surface area contributed by atoms with E-state index in [2.05, 4.69) is 4.98 Å². The Hall–Kier alpha value is -2.76. The molecule has 0 aliphatic carbocycles. The molecule has 0 saturated carbocycles. The molecule has 0 aliphatic rings. The van der Waals surface area contributed by atoms with Gasteiger partial charge >= 0.3 is 6.18 Å². The number of rotatable bonds is 2. The van der Waals surface area contributed by atoms with Crippen LogP contribution in [0, 0.1) is 0 Å². The third-order valence-corrected chi connectivity index (χ3v) is 3.29. The van der Waals surface area contributed by atoms with E-state index in [9.17, 15) is 13.2 Å². The first-order chi connectivity index (χ1) is 10.5. The van der Waals surface area contributed by atoms with Crippen LogP contribution in [0.3, 0.4) is 0 Å². The van der Waals surface area contributed by atoms with Crippen molar-refractivity contribution < 1.29 is 13.2 Å². The summed E-state index contributed by atoms with van der Waals surface area (Å²) in [6, 6.07) is 12.7. The standard InChI is InChI=1S/C16H12F3N3/c17-16(18,19)12-6-7-14(13(20)10-12)22-9-8-21-15(22)11-4-2-1-3-5-11/h1-10H,20H2. The van der Waals surface area contributed by atoms with Crippen LogP contribution < -0.4 is 5.73 Å². The maximum Gasteiger partial charge on any atom is 0.416 e. The number of aromatic nitrogens is 2. The Morgan fingerprint density at radius 2 is 1.73 bits per heavy atom. The lowest BCUT2D eigenvalue weighted by molar-refractivity contribution is -0.137. The second-order valence-corrected chi connectivity index (χ2v) is 4.76. The predicted octanol–water partition coefficient (Wildman–Crippen LogP) is 4.14. The van der Waals surface area contributed by atoms with Crippen LogP contribution in [0.4, 0.5) is 18.9 Å². The Bertz CT molecular complexity index is 792. The van der Waals surface area contributed by atoms with Gasteiger partial charge in [0, 0.05) is 18.0 Å². The minimum atomic E-state index is -4.41. The molecule has 2 N–H and O–H groups in total. The summed E-state index contributed by atoms with van der Waals surface area (Å²) in [4.78, 5) is 4.26. The van der Waals surface area contributed by atoms with Crippen LogP contribution in [0.1, 0.15) is 5.56 Å². The molecule has 112 valence electrons. The summed E-state index contributed by atoms with van der Waals surface area (Å²) in [7, 11) is 0. The fraction of sp³-hybridized carbons (Fsp3) is 0.0625. The Kier molecular flexibility index (Phi) is 3.36. The summed E-state index contributed by atoms with van der Waals surface area (Å²) in [5, 5.41) is 0. The Labute approximate surface area is 124 Å². The van der Waals surface area contributed by atoms with Crippen LogP contribution in [0.2, 0.25) is 0 Å². The molecule has 3 aromatic rings. The molecule has 0 radical (unpaired) electrons. The van der Waals surface area contributed by atoms with E-state index in [0.717, 1.165) is 17.7 Å². The van der Waals surface area contributed by atoms with Crippen molar-refractivity contribution in [1.82, 2.24) is 9.55 Å². The second kappa shape index (κ2) is 5.22. The SMILES string of the molecule is Nc1cc(C(F)(F)F)ccc1-n1ccnc1-c1ccccc1. The first kappa shape index (κ1) is 14.2. The molecule has 0 saturated heterocycles.